The topological polar surface area (TPSA) is 88.5 Å². The Hall–Kier alpha value is -2.88. The first-order valence-electron chi connectivity index (χ1n) is 8.29. The summed E-state index contributed by atoms with van der Waals surface area (Å²) in [5.41, 5.74) is 2.91. The van der Waals surface area contributed by atoms with Crippen molar-refractivity contribution in [3.63, 3.8) is 0 Å². The van der Waals surface area contributed by atoms with Gasteiger partial charge < -0.3 is 5.32 Å². The zero-order chi connectivity index (χ0) is 18.4. The zero-order valence-corrected chi connectivity index (χ0v) is 15.2. The fourth-order valence-electron chi connectivity index (χ4n) is 2.83. The Morgan fingerprint density at radius 3 is 2.56 bits per heavy atom. The van der Waals surface area contributed by atoms with E-state index in [1.54, 1.807) is 6.20 Å². The van der Waals surface area contributed by atoms with Crippen LogP contribution in [-0.4, -0.2) is 25.5 Å². The highest BCUT2D eigenvalue weighted by atomic mass is 16.2. The monoisotopic (exact) mass is 338 g/mol. The Kier molecular flexibility index (Phi) is 3.99. The van der Waals surface area contributed by atoms with Crippen molar-refractivity contribution in [3.8, 4) is 6.07 Å². The molecule has 1 aliphatic heterocycles. The minimum atomic E-state index is -0.147. The fourth-order valence-corrected chi connectivity index (χ4v) is 2.83. The van der Waals surface area contributed by atoms with Crippen molar-refractivity contribution in [3.05, 3.63) is 35.3 Å². The van der Waals surface area contributed by atoms with Gasteiger partial charge in [0, 0.05) is 11.8 Å². The number of fused-ring (bicyclic) bond motifs is 1. The maximum absolute atomic E-state index is 12.6. The van der Waals surface area contributed by atoms with Crippen LogP contribution in [0.5, 0.6) is 0 Å². The quantitative estimate of drug-likeness (QED) is 0.908. The summed E-state index contributed by atoms with van der Waals surface area (Å²) in [4.78, 5) is 12.6. The molecule has 7 nitrogen and oxygen atoms in total. The van der Waals surface area contributed by atoms with E-state index in [2.05, 4.69) is 56.2 Å². The van der Waals surface area contributed by atoms with E-state index in [4.69, 9.17) is 0 Å². The van der Waals surface area contributed by atoms with Gasteiger partial charge in [-0.2, -0.15) is 20.1 Å². The van der Waals surface area contributed by atoms with Gasteiger partial charge in [0.1, 0.15) is 11.6 Å². The third-order valence-corrected chi connectivity index (χ3v) is 4.29. The highest BCUT2D eigenvalue weighted by molar-refractivity contribution is 5.93. The standard InChI is InChI=1S/C18H22N6O/c1-11(2)14-6-15(25)24-17(12(7-19)8-21-24)22-16(14)13-9-20-23(10-13)18(3,4)5/h8-11,22H,6H2,1-5H3. The molecule has 0 aliphatic carbocycles. The maximum atomic E-state index is 12.6. The summed E-state index contributed by atoms with van der Waals surface area (Å²) in [5, 5.41) is 21.1. The summed E-state index contributed by atoms with van der Waals surface area (Å²) in [6.45, 7) is 10.3. The summed E-state index contributed by atoms with van der Waals surface area (Å²) < 4.78 is 3.17. The van der Waals surface area contributed by atoms with Crippen molar-refractivity contribution >= 4 is 17.4 Å². The number of rotatable bonds is 2. The van der Waals surface area contributed by atoms with Crippen LogP contribution >= 0.6 is 0 Å². The first kappa shape index (κ1) is 17.0. The number of nitrogens with zero attached hydrogens (tertiary/aromatic N) is 5. The van der Waals surface area contributed by atoms with E-state index < -0.39 is 0 Å². The second-order valence-electron chi connectivity index (χ2n) is 7.53. The van der Waals surface area contributed by atoms with Gasteiger partial charge in [0.05, 0.1) is 30.1 Å². The molecule has 0 radical (unpaired) electrons. The summed E-state index contributed by atoms with van der Waals surface area (Å²) >= 11 is 0. The van der Waals surface area contributed by atoms with Gasteiger partial charge in [-0.05, 0) is 32.3 Å². The number of allylic oxidation sites excluding steroid dienone is 1. The number of aromatic nitrogens is 4. The molecule has 0 saturated heterocycles. The maximum Gasteiger partial charge on any atom is 0.252 e. The molecule has 0 amide bonds. The van der Waals surface area contributed by atoms with Crippen molar-refractivity contribution in [2.75, 3.05) is 5.32 Å². The van der Waals surface area contributed by atoms with E-state index in [1.165, 1.54) is 10.9 Å². The predicted octanol–water partition coefficient (Wildman–Crippen LogP) is 3.23. The van der Waals surface area contributed by atoms with Crippen LogP contribution in [0.1, 0.15) is 57.0 Å². The Morgan fingerprint density at radius 2 is 2.00 bits per heavy atom. The molecular formula is C18H22N6O. The number of nitrogens with one attached hydrogen (secondary N) is 1. The fraction of sp³-hybridized carbons (Fsp3) is 0.444. The number of anilines is 1. The van der Waals surface area contributed by atoms with E-state index in [0.29, 0.717) is 11.4 Å². The largest absolute Gasteiger partial charge is 0.338 e. The molecule has 0 spiro atoms. The van der Waals surface area contributed by atoms with Crippen molar-refractivity contribution in [1.82, 2.24) is 19.6 Å². The molecule has 0 bridgehead atoms. The Balaban J connectivity index is 2.16. The van der Waals surface area contributed by atoms with E-state index >= 15 is 0 Å². The van der Waals surface area contributed by atoms with E-state index in [-0.39, 0.29) is 23.8 Å². The minimum absolute atomic E-state index is 0.142. The molecule has 1 N–H and O–H groups in total. The van der Waals surface area contributed by atoms with Crippen molar-refractivity contribution < 1.29 is 4.79 Å². The van der Waals surface area contributed by atoms with Gasteiger partial charge in [-0.3, -0.25) is 9.48 Å². The summed E-state index contributed by atoms with van der Waals surface area (Å²) in [6.07, 6.45) is 5.42. The Labute approximate surface area is 146 Å². The molecule has 3 heterocycles. The van der Waals surface area contributed by atoms with Crippen LogP contribution in [-0.2, 0) is 5.54 Å². The number of nitriles is 1. The lowest BCUT2D eigenvalue weighted by Gasteiger charge is -2.19. The second kappa shape index (κ2) is 5.88. The molecule has 25 heavy (non-hydrogen) atoms. The Bertz CT molecular complexity index is 901. The molecule has 0 fully saturated rings. The summed E-state index contributed by atoms with van der Waals surface area (Å²) in [5.74, 6) is 0.437. The van der Waals surface area contributed by atoms with E-state index in [0.717, 1.165) is 16.8 Å². The average Bonchev–Trinajstić information content (AvgIpc) is 3.13. The van der Waals surface area contributed by atoms with E-state index in [9.17, 15) is 10.1 Å². The highest BCUT2D eigenvalue weighted by Gasteiger charge is 2.27. The van der Waals surface area contributed by atoms with Gasteiger partial charge >= 0.3 is 0 Å². The summed E-state index contributed by atoms with van der Waals surface area (Å²) in [6, 6.07) is 2.09. The molecule has 3 rings (SSSR count). The third kappa shape index (κ3) is 2.95. The zero-order valence-electron chi connectivity index (χ0n) is 15.2. The SMILES string of the molecule is CC(C)C1=C(c2cnn(C(C)(C)C)c2)Nc2c(C#N)cnn2C(=O)C1. The third-order valence-electron chi connectivity index (χ3n) is 4.29. The van der Waals surface area contributed by atoms with Crippen LogP contribution in [0.3, 0.4) is 0 Å². The highest BCUT2D eigenvalue weighted by Crippen LogP contribution is 2.33. The smallest absolute Gasteiger partial charge is 0.252 e. The Morgan fingerprint density at radius 1 is 1.28 bits per heavy atom. The molecule has 2 aromatic rings. The summed E-state index contributed by atoms with van der Waals surface area (Å²) in [7, 11) is 0. The molecule has 1 aliphatic rings. The van der Waals surface area contributed by atoms with Crippen LogP contribution in [0.15, 0.2) is 24.2 Å². The van der Waals surface area contributed by atoms with Crippen LogP contribution in [0.25, 0.3) is 5.70 Å². The molecule has 0 atom stereocenters. The molecule has 0 aromatic carbocycles. The first-order valence-corrected chi connectivity index (χ1v) is 8.29. The van der Waals surface area contributed by atoms with Crippen LogP contribution < -0.4 is 5.32 Å². The normalized spacial score (nSPS) is 15.0. The average molecular weight is 338 g/mol. The van der Waals surface area contributed by atoms with Crippen molar-refractivity contribution in [2.45, 2.75) is 46.6 Å². The molecular weight excluding hydrogens is 316 g/mol. The second-order valence-corrected chi connectivity index (χ2v) is 7.53. The van der Waals surface area contributed by atoms with Crippen molar-refractivity contribution in [1.29, 1.82) is 5.26 Å². The van der Waals surface area contributed by atoms with Crippen LogP contribution in [0.2, 0.25) is 0 Å². The van der Waals surface area contributed by atoms with Gasteiger partial charge in [-0.15, -0.1) is 0 Å². The lowest BCUT2D eigenvalue weighted by Crippen LogP contribution is -2.22. The van der Waals surface area contributed by atoms with Gasteiger partial charge in [0.15, 0.2) is 5.82 Å². The van der Waals surface area contributed by atoms with Crippen molar-refractivity contribution in [2.24, 2.45) is 5.92 Å². The van der Waals surface area contributed by atoms with Crippen LogP contribution in [0.4, 0.5) is 5.82 Å². The molecule has 0 unspecified atom stereocenters. The number of hydrogen-bond donors (Lipinski definition) is 1. The molecule has 0 saturated carbocycles. The van der Waals surface area contributed by atoms with Gasteiger partial charge in [0.25, 0.3) is 5.91 Å². The van der Waals surface area contributed by atoms with Gasteiger partial charge in [-0.1, -0.05) is 13.8 Å². The van der Waals surface area contributed by atoms with Gasteiger partial charge in [-0.25, -0.2) is 0 Å². The molecule has 2 aromatic heterocycles. The minimum Gasteiger partial charge on any atom is -0.338 e. The lowest BCUT2D eigenvalue weighted by atomic mass is 9.95. The van der Waals surface area contributed by atoms with Crippen LogP contribution in [0, 0.1) is 17.2 Å². The predicted molar refractivity (Wildman–Crippen MR) is 94.8 cm³/mol. The van der Waals surface area contributed by atoms with Gasteiger partial charge in [0.2, 0.25) is 0 Å². The number of hydrogen-bond acceptors (Lipinski definition) is 5. The first-order chi connectivity index (χ1) is 11.7. The molecule has 7 heteroatoms. The number of carbonyl (C=O) groups excluding carboxylic acids is 1. The number of carbonyl (C=O) groups is 1. The molecule has 130 valence electrons. The van der Waals surface area contributed by atoms with E-state index in [1.807, 2.05) is 10.9 Å². The lowest BCUT2D eigenvalue weighted by molar-refractivity contribution is 0.0900.